The van der Waals surface area contributed by atoms with E-state index >= 15 is 0 Å². The maximum atomic E-state index is 11.0. The van der Waals surface area contributed by atoms with Crippen LogP contribution in [0.1, 0.15) is 15.9 Å². The van der Waals surface area contributed by atoms with Gasteiger partial charge in [0.15, 0.2) is 0 Å². The average molecular weight is 239 g/mol. The molecule has 0 aromatic heterocycles. The molecule has 0 atom stereocenters. The third-order valence-electron chi connectivity index (χ3n) is 2.16. The van der Waals surface area contributed by atoms with Gasteiger partial charge in [-0.2, -0.15) is 0 Å². The fraction of sp³-hybridized carbons (Fsp3) is 0.417. The number of hydrogen-bond acceptors (Lipinski definition) is 3. The first-order chi connectivity index (χ1) is 7.50. The summed E-state index contributed by atoms with van der Waals surface area (Å²) in [5.74, 6) is 0.0483. The van der Waals surface area contributed by atoms with E-state index in [1.165, 1.54) is 0 Å². The molecule has 0 aliphatic carbocycles. The van der Waals surface area contributed by atoms with Gasteiger partial charge in [0.05, 0.1) is 5.56 Å². The highest BCUT2D eigenvalue weighted by Gasteiger charge is 2.10. The van der Waals surface area contributed by atoms with Gasteiger partial charge in [0.2, 0.25) is 0 Å². The standard InChI is InChI=1S/C12H17NO2S/c1-9-4-5-11(10(8-9)12(14)15)16-7-6-13(2)3/h4-5,8H,6-7H2,1-3H3,(H,14,15). The molecule has 1 aromatic rings. The summed E-state index contributed by atoms with van der Waals surface area (Å²) in [4.78, 5) is 14.0. The largest absolute Gasteiger partial charge is 0.478 e. The van der Waals surface area contributed by atoms with Crippen molar-refractivity contribution in [3.8, 4) is 0 Å². The Kier molecular flexibility index (Phi) is 4.83. The van der Waals surface area contributed by atoms with Crippen molar-refractivity contribution in [1.29, 1.82) is 0 Å². The molecule has 0 heterocycles. The summed E-state index contributed by atoms with van der Waals surface area (Å²) in [6, 6.07) is 5.56. The molecule has 0 aliphatic heterocycles. The van der Waals surface area contributed by atoms with Crippen LogP contribution in [-0.2, 0) is 0 Å². The van der Waals surface area contributed by atoms with E-state index in [9.17, 15) is 4.79 Å². The molecule has 0 fully saturated rings. The quantitative estimate of drug-likeness (QED) is 0.801. The normalized spacial score (nSPS) is 10.8. The Hall–Kier alpha value is -1.00. The summed E-state index contributed by atoms with van der Waals surface area (Å²) >= 11 is 1.59. The van der Waals surface area contributed by atoms with Crippen molar-refractivity contribution in [3.05, 3.63) is 29.3 Å². The molecule has 1 N–H and O–H groups in total. The number of rotatable bonds is 5. The summed E-state index contributed by atoms with van der Waals surface area (Å²) < 4.78 is 0. The van der Waals surface area contributed by atoms with E-state index in [1.54, 1.807) is 17.8 Å². The Morgan fingerprint density at radius 2 is 2.12 bits per heavy atom. The molecule has 16 heavy (non-hydrogen) atoms. The second-order valence-corrected chi connectivity index (χ2v) is 5.09. The minimum Gasteiger partial charge on any atom is -0.478 e. The van der Waals surface area contributed by atoms with Crippen LogP contribution in [-0.4, -0.2) is 42.4 Å². The van der Waals surface area contributed by atoms with E-state index in [0.29, 0.717) is 5.56 Å². The highest BCUT2D eigenvalue weighted by molar-refractivity contribution is 7.99. The zero-order valence-electron chi connectivity index (χ0n) is 9.86. The second-order valence-electron chi connectivity index (χ2n) is 3.96. The summed E-state index contributed by atoms with van der Waals surface area (Å²) in [6.07, 6.45) is 0. The summed E-state index contributed by atoms with van der Waals surface area (Å²) in [5.41, 5.74) is 1.39. The van der Waals surface area contributed by atoms with E-state index in [0.717, 1.165) is 22.8 Å². The first kappa shape index (κ1) is 13.1. The molecule has 0 radical (unpaired) electrons. The lowest BCUT2D eigenvalue weighted by Crippen LogP contribution is -2.15. The van der Waals surface area contributed by atoms with Gasteiger partial charge >= 0.3 is 5.97 Å². The molecule has 0 aliphatic rings. The van der Waals surface area contributed by atoms with Crippen molar-refractivity contribution in [2.45, 2.75) is 11.8 Å². The first-order valence-corrected chi connectivity index (χ1v) is 6.10. The first-order valence-electron chi connectivity index (χ1n) is 5.12. The van der Waals surface area contributed by atoms with Crippen molar-refractivity contribution in [3.63, 3.8) is 0 Å². The van der Waals surface area contributed by atoms with Crippen LogP contribution in [0.5, 0.6) is 0 Å². The number of carboxylic acids is 1. The monoisotopic (exact) mass is 239 g/mol. The van der Waals surface area contributed by atoms with E-state index in [4.69, 9.17) is 5.11 Å². The smallest absolute Gasteiger partial charge is 0.336 e. The van der Waals surface area contributed by atoms with Crippen LogP contribution >= 0.6 is 11.8 Å². The highest BCUT2D eigenvalue weighted by Crippen LogP contribution is 2.23. The van der Waals surface area contributed by atoms with E-state index in [2.05, 4.69) is 4.90 Å². The van der Waals surface area contributed by atoms with Crippen LogP contribution in [0.4, 0.5) is 0 Å². The fourth-order valence-electron chi connectivity index (χ4n) is 1.27. The maximum Gasteiger partial charge on any atom is 0.336 e. The van der Waals surface area contributed by atoms with Gasteiger partial charge in [-0.1, -0.05) is 11.6 Å². The van der Waals surface area contributed by atoms with E-state index in [-0.39, 0.29) is 0 Å². The summed E-state index contributed by atoms with van der Waals surface area (Å²) in [5, 5.41) is 9.07. The minimum absolute atomic E-state index is 0.406. The second kappa shape index (κ2) is 5.92. The van der Waals surface area contributed by atoms with Gasteiger partial charge in [0.25, 0.3) is 0 Å². The van der Waals surface area contributed by atoms with E-state index in [1.807, 2.05) is 33.2 Å². The van der Waals surface area contributed by atoms with Crippen LogP contribution < -0.4 is 0 Å². The number of thioether (sulfide) groups is 1. The number of carbonyl (C=O) groups is 1. The van der Waals surface area contributed by atoms with Crippen molar-refractivity contribution in [1.82, 2.24) is 4.90 Å². The van der Waals surface area contributed by atoms with Crippen LogP contribution in [0.2, 0.25) is 0 Å². The topological polar surface area (TPSA) is 40.5 Å². The summed E-state index contributed by atoms with van der Waals surface area (Å²) in [7, 11) is 4.02. The third kappa shape index (κ3) is 3.87. The fourth-order valence-corrected chi connectivity index (χ4v) is 2.42. The molecule has 0 saturated heterocycles. The maximum absolute atomic E-state index is 11.0. The summed E-state index contributed by atoms with van der Waals surface area (Å²) in [6.45, 7) is 2.85. The molecule has 1 rings (SSSR count). The van der Waals surface area contributed by atoms with Gasteiger partial charge in [-0.3, -0.25) is 0 Å². The predicted molar refractivity (Wildman–Crippen MR) is 67.4 cm³/mol. The molecule has 1 aromatic carbocycles. The van der Waals surface area contributed by atoms with Gasteiger partial charge in [0.1, 0.15) is 0 Å². The molecular weight excluding hydrogens is 222 g/mol. The number of carboxylic acid groups (broad SMARTS) is 1. The lowest BCUT2D eigenvalue weighted by molar-refractivity contribution is 0.0693. The molecule has 3 nitrogen and oxygen atoms in total. The number of hydrogen-bond donors (Lipinski definition) is 1. The Balaban J connectivity index is 2.75. The highest BCUT2D eigenvalue weighted by atomic mass is 32.2. The molecule has 4 heteroatoms. The Morgan fingerprint density at radius 1 is 1.44 bits per heavy atom. The molecule has 88 valence electrons. The van der Waals surface area contributed by atoms with Crippen molar-refractivity contribution < 1.29 is 9.90 Å². The van der Waals surface area contributed by atoms with Crippen molar-refractivity contribution in [2.24, 2.45) is 0 Å². The number of nitrogens with zero attached hydrogens (tertiary/aromatic N) is 1. The van der Waals surface area contributed by atoms with Crippen molar-refractivity contribution in [2.75, 3.05) is 26.4 Å². The van der Waals surface area contributed by atoms with Crippen LogP contribution in [0.25, 0.3) is 0 Å². The predicted octanol–water partition coefficient (Wildman–Crippen LogP) is 2.35. The minimum atomic E-state index is -0.851. The van der Waals surface area contributed by atoms with Crippen LogP contribution in [0.15, 0.2) is 23.1 Å². The van der Waals surface area contributed by atoms with Gasteiger partial charge in [-0.15, -0.1) is 11.8 Å². The molecule has 0 bridgehead atoms. The van der Waals surface area contributed by atoms with Crippen molar-refractivity contribution >= 4 is 17.7 Å². The molecule has 0 unspecified atom stereocenters. The van der Waals surface area contributed by atoms with Crippen LogP contribution in [0, 0.1) is 6.92 Å². The number of aryl methyl sites for hydroxylation is 1. The Bertz CT molecular complexity index is 377. The van der Waals surface area contributed by atoms with Gasteiger partial charge in [0, 0.05) is 17.2 Å². The lowest BCUT2D eigenvalue weighted by Gasteiger charge is -2.10. The van der Waals surface area contributed by atoms with Crippen LogP contribution in [0.3, 0.4) is 0 Å². The third-order valence-corrected chi connectivity index (χ3v) is 3.22. The Labute approximate surface area is 100 Å². The molecule has 0 saturated carbocycles. The number of benzene rings is 1. The van der Waals surface area contributed by atoms with Gasteiger partial charge in [-0.05, 0) is 33.2 Å². The zero-order chi connectivity index (χ0) is 12.1. The molecule has 0 spiro atoms. The SMILES string of the molecule is Cc1ccc(SCCN(C)C)c(C(=O)O)c1. The van der Waals surface area contributed by atoms with E-state index < -0.39 is 5.97 Å². The zero-order valence-corrected chi connectivity index (χ0v) is 10.7. The van der Waals surface area contributed by atoms with Gasteiger partial charge < -0.3 is 10.0 Å². The lowest BCUT2D eigenvalue weighted by atomic mass is 10.1. The molecule has 0 amide bonds. The average Bonchev–Trinajstić information content (AvgIpc) is 2.19. The van der Waals surface area contributed by atoms with Gasteiger partial charge in [-0.25, -0.2) is 4.79 Å². The Morgan fingerprint density at radius 3 is 2.69 bits per heavy atom. The number of aromatic carboxylic acids is 1. The molecular formula is C12H17NO2S.